The lowest BCUT2D eigenvalue weighted by Crippen LogP contribution is -2.50. The molecule has 1 aliphatic rings. The van der Waals surface area contributed by atoms with Crippen molar-refractivity contribution >= 4 is 37.8 Å². The van der Waals surface area contributed by atoms with E-state index in [0.29, 0.717) is 53.7 Å². The molecule has 2 aromatic carbocycles. The average Bonchev–Trinajstić information content (AvgIpc) is 3.50. The number of pyridine rings is 1. The molecule has 206 valence electrons. The summed E-state index contributed by atoms with van der Waals surface area (Å²) >= 11 is 0. The van der Waals surface area contributed by atoms with Crippen molar-refractivity contribution in [2.45, 2.75) is 29.5 Å². The van der Waals surface area contributed by atoms with E-state index >= 15 is 0 Å². The van der Waals surface area contributed by atoms with Crippen molar-refractivity contribution in [3.8, 4) is 11.1 Å². The summed E-state index contributed by atoms with van der Waals surface area (Å²) in [5, 5.41) is 3.74. The first kappa shape index (κ1) is 26.1. The van der Waals surface area contributed by atoms with Crippen molar-refractivity contribution < 1.29 is 17.6 Å². The van der Waals surface area contributed by atoms with Crippen LogP contribution in [0.3, 0.4) is 0 Å². The van der Waals surface area contributed by atoms with Gasteiger partial charge in [0.1, 0.15) is 17.2 Å². The highest BCUT2D eigenvalue weighted by molar-refractivity contribution is 7.92. The number of aryl methyl sites for hydroxylation is 1. The van der Waals surface area contributed by atoms with Gasteiger partial charge >= 0.3 is 6.03 Å². The van der Waals surface area contributed by atoms with Crippen molar-refractivity contribution in [2.75, 3.05) is 27.2 Å². The van der Waals surface area contributed by atoms with Gasteiger partial charge in [0, 0.05) is 31.9 Å². The molecule has 4 heterocycles. The third-order valence-electron chi connectivity index (χ3n) is 7.74. The number of carbonyl (C=O) groups excluding carboxylic acids is 1. The van der Waals surface area contributed by atoms with Crippen molar-refractivity contribution in [2.24, 2.45) is 0 Å². The third-order valence-corrected chi connectivity index (χ3v) is 10.2. The highest BCUT2D eigenvalue weighted by Gasteiger charge is 2.50. The summed E-state index contributed by atoms with van der Waals surface area (Å²) in [7, 11) is -0.846. The number of fused-ring (bicyclic) bond motifs is 2. The predicted octanol–water partition coefficient (Wildman–Crippen LogP) is 4.54. The quantitative estimate of drug-likeness (QED) is 0.346. The van der Waals surface area contributed by atoms with E-state index in [2.05, 4.69) is 15.3 Å². The van der Waals surface area contributed by atoms with Crippen LogP contribution in [0.2, 0.25) is 0 Å². The molecule has 3 aromatic heterocycles. The molecule has 0 unspecified atom stereocenters. The van der Waals surface area contributed by atoms with Crippen LogP contribution in [0.5, 0.6) is 0 Å². The molecule has 0 spiro atoms. The van der Waals surface area contributed by atoms with E-state index in [1.165, 1.54) is 27.8 Å². The van der Waals surface area contributed by atoms with Crippen LogP contribution in [0.4, 0.5) is 9.18 Å². The molecule has 1 saturated heterocycles. The van der Waals surface area contributed by atoms with Gasteiger partial charge in [-0.25, -0.2) is 22.6 Å². The summed E-state index contributed by atoms with van der Waals surface area (Å²) in [5.74, 6) is 0.231. The van der Waals surface area contributed by atoms with E-state index in [0.717, 1.165) is 11.1 Å². The SMILES string of the molecule is Cc1nc2cnccc2n1C1(S(=O)(=O)c2cn(C(=O)N(C)C)c3cc(-c4ccc(F)cc4)ccc23)CCNCC1. The number of amides is 1. The number of imidazole rings is 1. The van der Waals surface area contributed by atoms with Gasteiger partial charge in [-0.3, -0.25) is 9.55 Å². The van der Waals surface area contributed by atoms with Crippen LogP contribution in [-0.4, -0.2) is 65.6 Å². The number of halogens is 1. The highest BCUT2D eigenvalue weighted by atomic mass is 32.2. The first-order valence-electron chi connectivity index (χ1n) is 13.0. The Labute approximate surface area is 231 Å². The van der Waals surface area contributed by atoms with Crippen molar-refractivity contribution in [3.05, 3.63) is 78.8 Å². The highest BCUT2D eigenvalue weighted by Crippen LogP contribution is 2.44. The van der Waals surface area contributed by atoms with Gasteiger partial charge in [0.05, 0.1) is 22.1 Å². The predicted molar refractivity (Wildman–Crippen MR) is 151 cm³/mol. The average molecular weight is 561 g/mol. The van der Waals surface area contributed by atoms with Crippen LogP contribution >= 0.6 is 0 Å². The maximum absolute atomic E-state index is 14.9. The molecular weight excluding hydrogens is 531 g/mol. The monoisotopic (exact) mass is 560 g/mol. The molecule has 1 fully saturated rings. The molecule has 0 bridgehead atoms. The Morgan fingerprint density at radius 3 is 2.42 bits per heavy atom. The Kier molecular flexibility index (Phi) is 6.23. The lowest BCUT2D eigenvalue weighted by atomic mass is 10.0. The minimum atomic E-state index is -4.09. The van der Waals surface area contributed by atoms with Gasteiger partial charge in [0.25, 0.3) is 0 Å². The van der Waals surface area contributed by atoms with Gasteiger partial charge < -0.3 is 14.8 Å². The molecule has 6 rings (SSSR count). The molecule has 0 atom stereocenters. The number of aromatic nitrogens is 4. The van der Waals surface area contributed by atoms with Crippen LogP contribution in [0.15, 0.2) is 72.0 Å². The Morgan fingerprint density at radius 2 is 1.73 bits per heavy atom. The first-order chi connectivity index (χ1) is 19.1. The van der Waals surface area contributed by atoms with E-state index in [1.807, 2.05) is 11.5 Å². The van der Waals surface area contributed by atoms with Gasteiger partial charge in [0.2, 0.25) is 9.84 Å². The number of benzene rings is 2. The summed E-state index contributed by atoms with van der Waals surface area (Å²) < 4.78 is 46.7. The molecule has 11 heteroatoms. The molecule has 9 nitrogen and oxygen atoms in total. The van der Waals surface area contributed by atoms with E-state index in [4.69, 9.17) is 0 Å². The Hall–Kier alpha value is -4.09. The van der Waals surface area contributed by atoms with E-state index in [9.17, 15) is 17.6 Å². The van der Waals surface area contributed by atoms with Crippen molar-refractivity contribution in [1.29, 1.82) is 0 Å². The van der Waals surface area contributed by atoms with E-state index in [1.54, 1.807) is 62.9 Å². The topological polar surface area (TPSA) is 102 Å². The van der Waals surface area contributed by atoms with E-state index < -0.39 is 14.7 Å². The van der Waals surface area contributed by atoms with Crippen molar-refractivity contribution in [1.82, 2.24) is 29.3 Å². The zero-order chi connectivity index (χ0) is 28.2. The van der Waals surface area contributed by atoms with E-state index in [-0.39, 0.29) is 16.7 Å². The first-order valence-corrected chi connectivity index (χ1v) is 14.5. The normalized spacial score (nSPS) is 15.5. The second-order valence-corrected chi connectivity index (χ2v) is 12.5. The Morgan fingerprint density at radius 1 is 1.02 bits per heavy atom. The molecule has 1 aliphatic heterocycles. The number of carbonyl (C=O) groups is 1. The maximum atomic E-state index is 14.9. The molecule has 1 amide bonds. The molecule has 5 aromatic rings. The maximum Gasteiger partial charge on any atom is 0.328 e. The molecule has 0 saturated carbocycles. The summed E-state index contributed by atoms with van der Waals surface area (Å²) in [4.78, 5) is 22.3. The minimum absolute atomic E-state index is 0.0839. The molecule has 40 heavy (non-hydrogen) atoms. The summed E-state index contributed by atoms with van der Waals surface area (Å²) in [6.45, 7) is 2.83. The zero-order valence-corrected chi connectivity index (χ0v) is 23.2. The molecule has 0 aliphatic carbocycles. The second kappa shape index (κ2) is 9.53. The second-order valence-electron chi connectivity index (χ2n) is 10.3. The lowest BCUT2D eigenvalue weighted by Gasteiger charge is -2.39. The number of piperidine rings is 1. The van der Waals surface area contributed by atoms with Crippen LogP contribution in [0, 0.1) is 12.7 Å². The van der Waals surface area contributed by atoms with Crippen LogP contribution < -0.4 is 5.32 Å². The largest absolute Gasteiger partial charge is 0.330 e. The summed E-state index contributed by atoms with van der Waals surface area (Å²) in [6, 6.07) is 12.8. The van der Waals surface area contributed by atoms with Gasteiger partial charge in [-0.15, -0.1) is 0 Å². The number of hydrogen-bond donors (Lipinski definition) is 1. The van der Waals surface area contributed by atoms with Gasteiger partial charge in [-0.2, -0.15) is 0 Å². The van der Waals surface area contributed by atoms with Gasteiger partial charge in [-0.05, 0) is 68.2 Å². The van der Waals surface area contributed by atoms with Crippen LogP contribution in [-0.2, 0) is 14.7 Å². The fraction of sp³-hybridized carbons (Fsp3) is 0.276. The van der Waals surface area contributed by atoms with Gasteiger partial charge in [0.15, 0.2) is 4.87 Å². The van der Waals surface area contributed by atoms with Crippen LogP contribution in [0.1, 0.15) is 18.7 Å². The van der Waals surface area contributed by atoms with Crippen molar-refractivity contribution in [3.63, 3.8) is 0 Å². The van der Waals surface area contributed by atoms with Crippen LogP contribution in [0.25, 0.3) is 33.1 Å². The van der Waals surface area contributed by atoms with Gasteiger partial charge in [-0.1, -0.05) is 24.3 Å². The Balaban J connectivity index is 1.61. The number of rotatable bonds is 4. The molecule has 1 N–H and O–H groups in total. The Bertz CT molecular complexity index is 1870. The number of nitrogens with one attached hydrogen (secondary N) is 1. The number of sulfone groups is 1. The fourth-order valence-electron chi connectivity index (χ4n) is 5.81. The lowest BCUT2D eigenvalue weighted by molar-refractivity contribution is 0.220. The summed E-state index contributed by atoms with van der Waals surface area (Å²) in [6.07, 6.45) is 5.37. The number of hydrogen-bond acceptors (Lipinski definition) is 6. The summed E-state index contributed by atoms with van der Waals surface area (Å²) in [5.41, 5.74) is 3.27. The molecular formula is C29H29FN6O3S. The smallest absolute Gasteiger partial charge is 0.328 e. The fourth-order valence-corrected chi connectivity index (χ4v) is 8.14. The third kappa shape index (κ3) is 3.91. The standard InChI is InChI=1S/C29H29FN6O3S/c1-19-33-24-17-32-13-10-25(24)36(19)29(11-14-31-15-12-29)40(38,39)27-18-35(28(37)34(2)3)26-16-21(6-9-23(26)27)20-4-7-22(30)8-5-20/h4-10,13,16-18,31H,11-12,14-15H2,1-3H3. The zero-order valence-electron chi connectivity index (χ0n) is 22.4. The number of nitrogens with zero attached hydrogens (tertiary/aromatic N) is 5. The minimum Gasteiger partial charge on any atom is -0.330 e. The molecule has 0 radical (unpaired) electrons.